The number of nitrogens with two attached hydrogens (primary N) is 1. The fraction of sp³-hybridized carbons (Fsp3) is 0.167. The van der Waals surface area contributed by atoms with E-state index >= 15 is 0 Å². The molecule has 0 bridgehead atoms. The molecule has 17 heavy (non-hydrogen) atoms. The van der Waals surface area contributed by atoms with Crippen LogP contribution in [-0.4, -0.2) is 6.26 Å². The highest BCUT2D eigenvalue weighted by Gasteiger charge is 2.14. The lowest BCUT2D eigenvalue weighted by Gasteiger charge is -2.14. The zero-order valence-corrected chi connectivity index (χ0v) is 11.7. The zero-order valence-electron chi connectivity index (χ0n) is 9.31. The first kappa shape index (κ1) is 12.9. The van der Waals surface area contributed by atoms with Gasteiger partial charge in [-0.1, -0.05) is 23.7 Å². The molecule has 0 aliphatic rings. The Bertz CT molecular complexity index is 482. The molecule has 90 valence electrons. The second-order valence-corrected chi connectivity index (χ2v) is 6.14. The van der Waals surface area contributed by atoms with Crippen LogP contribution < -0.4 is 11.3 Å². The highest BCUT2D eigenvalue weighted by atomic mass is 35.5. The number of nitrogens with one attached hydrogen (secondary N) is 1. The van der Waals surface area contributed by atoms with Gasteiger partial charge in [0.05, 0.1) is 10.4 Å². The van der Waals surface area contributed by atoms with Gasteiger partial charge in [0, 0.05) is 9.77 Å². The Morgan fingerprint density at radius 2 is 1.94 bits per heavy atom. The number of hydrogen-bond donors (Lipinski definition) is 2. The Hall–Kier alpha value is -0.520. The predicted molar refractivity (Wildman–Crippen MR) is 76.7 cm³/mol. The summed E-state index contributed by atoms with van der Waals surface area (Å²) in [4.78, 5) is 2.36. The quantitative estimate of drug-likeness (QED) is 0.511. The summed E-state index contributed by atoms with van der Waals surface area (Å²) in [6, 6.07) is 12.3. The molecule has 0 aliphatic heterocycles. The largest absolute Gasteiger partial charge is 0.271 e. The summed E-state index contributed by atoms with van der Waals surface area (Å²) in [5, 5.41) is 0. The smallest absolute Gasteiger partial charge is 0.0931 e. The molecule has 5 heteroatoms. The minimum atomic E-state index is 0.00315. The van der Waals surface area contributed by atoms with Gasteiger partial charge in [-0.15, -0.1) is 23.1 Å². The molecule has 0 spiro atoms. The lowest BCUT2D eigenvalue weighted by Crippen LogP contribution is -2.28. The van der Waals surface area contributed by atoms with Crippen molar-refractivity contribution in [2.45, 2.75) is 10.9 Å². The van der Waals surface area contributed by atoms with Gasteiger partial charge in [0.25, 0.3) is 0 Å². The minimum absolute atomic E-state index is 0.00315. The molecular formula is C12H13ClN2S2. The van der Waals surface area contributed by atoms with Crippen molar-refractivity contribution in [1.82, 2.24) is 5.43 Å². The molecule has 0 saturated carbocycles. The van der Waals surface area contributed by atoms with E-state index in [1.54, 1.807) is 23.1 Å². The standard InChI is InChI=1S/C12H13ClN2S2/c1-16-9-4-2-8(3-5-9)12(15-14)10-6-7-11(13)17-10/h2-7,12,15H,14H2,1H3. The molecule has 1 aromatic carbocycles. The van der Waals surface area contributed by atoms with Crippen LogP contribution in [0.5, 0.6) is 0 Å². The molecule has 0 aliphatic carbocycles. The first-order valence-corrected chi connectivity index (χ1v) is 7.52. The van der Waals surface area contributed by atoms with Crippen LogP contribution in [0.2, 0.25) is 4.34 Å². The summed E-state index contributed by atoms with van der Waals surface area (Å²) in [5.41, 5.74) is 3.97. The summed E-state index contributed by atoms with van der Waals surface area (Å²) in [6.45, 7) is 0. The van der Waals surface area contributed by atoms with Crippen LogP contribution >= 0.6 is 34.7 Å². The van der Waals surface area contributed by atoms with E-state index < -0.39 is 0 Å². The number of hydrogen-bond acceptors (Lipinski definition) is 4. The van der Waals surface area contributed by atoms with Crippen molar-refractivity contribution in [3.63, 3.8) is 0 Å². The monoisotopic (exact) mass is 284 g/mol. The normalized spacial score (nSPS) is 12.6. The SMILES string of the molecule is CSc1ccc(C(NN)c2ccc(Cl)s2)cc1. The number of thioether (sulfide) groups is 1. The highest BCUT2D eigenvalue weighted by Crippen LogP contribution is 2.31. The molecule has 0 radical (unpaired) electrons. The molecule has 2 nitrogen and oxygen atoms in total. The van der Waals surface area contributed by atoms with E-state index in [0.717, 1.165) is 14.8 Å². The molecule has 1 atom stereocenters. The number of halogens is 1. The average molecular weight is 285 g/mol. The van der Waals surface area contributed by atoms with Gasteiger partial charge in [0.2, 0.25) is 0 Å². The van der Waals surface area contributed by atoms with Crippen molar-refractivity contribution >= 4 is 34.7 Å². The molecule has 3 N–H and O–H groups in total. The van der Waals surface area contributed by atoms with Crippen molar-refractivity contribution in [1.29, 1.82) is 0 Å². The fourth-order valence-electron chi connectivity index (χ4n) is 1.62. The van der Waals surface area contributed by atoms with E-state index in [0.29, 0.717) is 0 Å². The maximum absolute atomic E-state index is 5.94. The molecule has 0 amide bonds. The first-order valence-electron chi connectivity index (χ1n) is 5.10. The Labute approximate surface area is 114 Å². The molecule has 1 heterocycles. The van der Waals surface area contributed by atoms with E-state index in [1.807, 2.05) is 12.1 Å². The third kappa shape index (κ3) is 3.03. The Kier molecular flexibility index (Phi) is 4.48. The van der Waals surface area contributed by atoms with E-state index in [9.17, 15) is 0 Å². The maximum atomic E-state index is 5.94. The van der Waals surface area contributed by atoms with Gasteiger partial charge in [-0.05, 0) is 36.1 Å². The molecular weight excluding hydrogens is 272 g/mol. The number of rotatable bonds is 4. The third-order valence-corrected chi connectivity index (χ3v) is 4.53. The maximum Gasteiger partial charge on any atom is 0.0931 e. The number of benzene rings is 1. The topological polar surface area (TPSA) is 38.0 Å². The first-order chi connectivity index (χ1) is 8.24. The average Bonchev–Trinajstić information content (AvgIpc) is 2.78. The minimum Gasteiger partial charge on any atom is -0.271 e. The fourth-order valence-corrected chi connectivity index (χ4v) is 3.18. The van der Waals surface area contributed by atoms with E-state index in [2.05, 4.69) is 35.9 Å². The Morgan fingerprint density at radius 1 is 1.24 bits per heavy atom. The lowest BCUT2D eigenvalue weighted by molar-refractivity contribution is 0.646. The molecule has 0 fully saturated rings. The summed E-state index contributed by atoms with van der Waals surface area (Å²) in [5.74, 6) is 5.63. The summed E-state index contributed by atoms with van der Waals surface area (Å²) >= 11 is 9.21. The van der Waals surface area contributed by atoms with Gasteiger partial charge in [-0.3, -0.25) is 5.84 Å². The van der Waals surface area contributed by atoms with Crippen LogP contribution in [0.25, 0.3) is 0 Å². The van der Waals surface area contributed by atoms with Crippen LogP contribution in [0.4, 0.5) is 0 Å². The van der Waals surface area contributed by atoms with Crippen molar-refractivity contribution in [2.75, 3.05) is 6.26 Å². The molecule has 1 aromatic heterocycles. The van der Waals surface area contributed by atoms with Crippen LogP contribution in [0.1, 0.15) is 16.5 Å². The van der Waals surface area contributed by atoms with Gasteiger partial charge in [0.1, 0.15) is 0 Å². The second kappa shape index (κ2) is 5.89. The molecule has 2 aromatic rings. The third-order valence-electron chi connectivity index (χ3n) is 2.49. The number of hydrazine groups is 1. The van der Waals surface area contributed by atoms with Crippen LogP contribution in [0.3, 0.4) is 0 Å². The summed E-state index contributed by atoms with van der Waals surface area (Å²) in [6.07, 6.45) is 2.06. The van der Waals surface area contributed by atoms with Crippen molar-refractivity contribution in [2.24, 2.45) is 5.84 Å². The van der Waals surface area contributed by atoms with Gasteiger partial charge in [-0.2, -0.15) is 0 Å². The highest BCUT2D eigenvalue weighted by molar-refractivity contribution is 7.98. The zero-order chi connectivity index (χ0) is 12.3. The summed E-state index contributed by atoms with van der Waals surface area (Å²) < 4.78 is 0.779. The van der Waals surface area contributed by atoms with Gasteiger partial charge < -0.3 is 0 Å². The molecule has 2 rings (SSSR count). The number of thiophene rings is 1. The van der Waals surface area contributed by atoms with Crippen molar-refractivity contribution in [3.05, 3.63) is 51.2 Å². The lowest BCUT2D eigenvalue weighted by atomic mass is 10.1. The van der Waals surface area contributed by atoms with Crippen LogP contribution in [0.15, 0.2) is 41.3 Å². The Morgan fingerprint density at radius 3 is 2.41 bits per heavy atom. The van der Waals surface area contributed by atoms with Gasteiger partial charge >= 0.3 is 0 Å². The summed E-state index contributed by atoms with van der Waals surface area (Å²) in [7, 11) is 0. The van der Waals surface area contributed by atoms with Crippen molar-refractivity contribution in [3.8, 4) is 0 Å². The van der Waals surface area contributed by atoms with Crippen LogP contribution in [-0.2, 0) is 0 Å². The van der Waals surface area contributed by atoms with Crippen LogP contribution in [0, 0.1) is 0 Å². The molecule has 0 saturated heterocycles. The van der Waals surface area contributed by atoms with E-state index in [4.69, 9.17) is 17.4 Å². The predicted octanol–water partition coefficient (Wildman–Crippen LogP) is 3.68. The van der Waals surface area contributed by atoms with E-state index in [-0.39, 0.29) is 6.04 Å². The van der Waals surface area contributed by atoms with Gasteiger partial charge in [0.15, 0.2) is 0 Å². The Balaban J connectivity index is 2.28. The molecule has 1 unspecified atom stereocenters. The van der Waals surface area contributed by atoms with Gasteiger partial charge in [-0.25, -0.2) is 5.43 Å². The van der Waals surface area contributed by atoms with E-state index in [1.165, 1.54) is 4.90 Å². The van der Waals surface area contributed by atoms with Crippen molar-refractivity contribution < 1.29 is 0 Å². The second-order valence-electron chi connectivity index (χ2n) is 3.51.